The molecule has 1 aliphatic rings. The highest BCUT2D eigenvalue weighted by Gasteiger charge is 2.25. The van der Waals surface area contributed by atoms with E-state index >= 15 is 0 Å². The number of piperidine rings is 1. The lowest BCUT2D eigenvalue weighted by atomic mass is 10.1. The molecule has 1 heterocycles. The van der Waals surface area contributed by atoms with Crippen molar-refractivity contribution in [1.29, 1.82) is 0 Å². The highest BCUT2D eigenvalue weighted by Crippen LogP contribution is 2.22. The number of carbonyl (C=O) groups is 1. The molecule has 26 heavy (non-hydrogen) atoms. The highest BCUT2D eigenvalue weighted by atomic mass is 127. The molecule has 0 unspecified atom stereocenters. The van der Waals surface area contributed by atoms with Crippen molar-refractivity contribution in [2.75, 3.05) is 18.4 Å². The molecular weight excluding hydrogens is 463 g/mol. The Labute approximate surface area is 168 Å². The average molecular weight is 484 g/mol. The summed E-state index contributed by atoms with van der Waals surface area (Å²) >= 11 is 2.20. The van der Waals surface area contributed by atoms with Gasteiger partial charge in [0.25, 0.3) is 5.91 Å². The lowest BCUT2D eigenvalue weighted by Crippen LogP contribution is -2.35. The van der Waals surface area contributed by atoms with E-state index in [9.17, 15) is 13.2 Å². The molecule has 2 aromatic rings. The summed E-state index contributed by atoms with van der Waals surface area (Å²) in [6.07, 6.45) is 2.89. The van der Waals surface area contributed by atoms with Crippen LogP contribution in [0.5, 0.6) is 0 Å². The second-order valence-electron chi connectivity index (χ2n) is 6.41. The molecule has 1 amide bonds. The van der Waals surface area contributed by atoms with Gasteiger partial charge in [-0.05, 0) is 84.3 Å². The number of halogens is 1. The second kappa shape index (κ2) is 8.06. The summed E-state index contributed by atoms with van der Waals surface area (Å²) in [6.45, 7) is 3.14. The Hall–Kier alpha value is -1.45. The molecule has 7 heteroatoms. The number of sulfonamides is 1. The summed E-state index contributed by atoms with van der Waals surface area (Å²) in [5.41, 5.74) is 2.27. The van der Waals surface area contributed by atoms with E-state index in [1.807, 2.05) is 19.1 Å². The summed E-state index contributed by atoms with van der Waals surface area (Å²) in [4.78, 5) is 12.6. The number of benzene rings is 2. The van der Waals surface area contributed by atoms with Crippen molar-refractivity contribution < 1.29 is 13.2 Å². The predicted molar refractivity (Wildman–Crippen MR) is 111 cm³/mol. The molecule has 1 N–H and O–H groups in total. The number of hydrogen-bond acceptors (Lipinski definition) is 3. The summed E-state index contributed by atoms with van der Waals surface area (Å²) in [5.74, 6) is -0.213. The van der Waals surface area contributed by atoms with Gasteiger partial charge in [-0.1, -0.05) is 12.5 Å². The van der Waals surface area contributed by atoms with Gasteiger partial charge in [0.15, 0.2) is 0 Å². The van der Waals surface area contributed by atoms with Crippen LogP contribution in [-0.2, 0) is 10.0 Å². The van der Waals surface area contributed by atoms with Crippen LogP contribution >= 0.6 is 22.6 Å². The van der Waals surface area contributed by atoms with Crippen molar-refractivity contribution >= 4 is 44.2 Å². The lowest BCUT2D eigenvalue weighted by molar-refractivity contribution is 0.102. The van der Waals surface area contributed by atoms with Crippen molar-refractivity contribution in [3.63, 3.8) is 0 Å². The molecule has 0 spiro atoms. The number of carbonyl (C=O) groups excluding carboxylic acids is 1. The number of anilines is 1. The molecular formula is C19H21IN2O3S. The third-order valence-corrected chi connectivity index (χ3v) is 7.57. The molecule has 0 aromatic heterocycles. The standard InChI is InChI=1S/C19H21IN2O3S/c1-14-5-6-15(13-18(14)20)19(23)21-16-7-9-17(10-8-16)26(24,25)22-11-3-2-4-12-22/h5-10,13H,2-4,11-12H2,1H3,(H,21,23). The van der Waals surface area contributed by atoms with Crippen molar-refractivity contribution in [3.8, 4) is 0 Å². The third kappa shape index (κ3) is 4.27. The molecule has 1 fully saturated rings. The van der Waals surface area contributed by atoms with Gasteiger partial charge in [0, 0.05) is 27.9 Å². The zero-order valence-corrected chi connectivity index (χ0v) is 17.5. The van der Waals surface area contributed by atoms with Gasteiger partial charge in [0.05, 0.1) is 4.90 Å². The van der Waals surface area contributed by atoms with E-state index in [1.54, 1.807) is 34.6 Å². The zero-order valence-electron chi connectivity index (χ0n) is 14.5. The van der Waals surface area contributed by atoms with E-state index in [1.165, 1.54) is 0 Å². The maximum Gasteiger partial charge on any atom is 0.255 e. The number of hydrogen-bond donors (Lipinski definition) is 1. The Morgan fingerprint density at radius 1 is 1.04 bits per heavy atom. The maximum absolute atomic E-state index is 12.6. The minimum absolute atomic E-state index is 0.213. The van der Waals surface area contributed by atoms with E-state index in [2.05, 4.69) is 27.9 Å². The fourth-order valence-corrected chi connectivity index (χ4v) is 4.93. The number of nitrogens with zero attached hydrogens (tertiary/aromatic N) is 1. The van der Waals surface area contributed by atoms with Crippen LogP contribution in [-0.4, -0.2) is 31.7 Å². The largest absolute Gasteiger partial charge is 0.322 e. The Kier molecular flexibility index (Phi) is 5.99. The summed E-state index contributed by atoms with van der Waals surface area (Å²) in [6, 6.07) is 11.9. The fourth-order valence-electron chi connectivity index (χ4n) is 2.90. The van der Waals surface area contributed by atoms with Crippen LogP contribution in [0.4, 0.5) is 5.69 Å². The van der Waals surface area contributed by atoms with Crippen LogP contribution in [0.3, 0.4) is 0 Å². The van der Waals surface area contributed by atoms with Crippen LogP contribution in [0.15, 0.2) is 47.4 Å². The van der Waals surface area contributed by atoms with E-state index < -0.39 is 10.0 Å². The maximum atomic E-state index is 12.6. The molecule has 0 atom stereocenters. The molecule has 1 saturated heterocycles. The molecule has 0 bridgehead atoms. The zero-order chi connectivity index (χ0) is 18.7. The fraction of sp³-hybridized carbons (Fsp3) is 0.316. The summed E-state index contributed by atoms with van der Waals surface area (Å²) in [5, 5.41) is 2.81. The molecule has 0 radical (unpaired) electrons. The van der Waals surface area contributed by atoms with Crippen LogP contribution in [0, 0.1) is 10.5 Å². The van der Waals surface area contributed by atoms with Crippen LogP contribution in [0.1, 0.15) is 35.2 Å². The first-order valence-electron chi connectivity index (χ1n) is 8.55. The first kappa shape index (κ1) is 19.3. The van der Waals surface area contributed by atoms with Crippen LogP contribution in [0.25, 0.3) is 0 Å². The Balaban J connectivity index is 1.73. The van der Waals surface area contributed by atoms with Crippen molar-refractivity contribution in [2.45, 2.75) is 31.1 Å². The van der Waals surface area contributed by atoms with Gasteiger partial charge in [0.2, 0.25) is 10.0 Å². The molecule has 5 nitrogen and oxygen atoms in total. The summed E-state index contributed by atoms with van der Waals surface area (Å²) in [7, 11) is -3.45. The van der Waals surface area contributed by atoms with Crippen LogP contribution in [0.2, 0.25) is 0 Å². The van der Waals surface area contributed by atoms with Crippen molar-refractivity contribution in [1.82, 2.24) is 4.31 Å². The SMILES string of the molecule is Cc1ccc(C(=O)Nc2ccc(S(=O)(=O)N3CCCCC3)cc2)cc1I. The number of amides is 1. The van der Waals surface area contributed by atoms with Gasteiger partial charge >= 0.3 is 0 Å². The number of aryl methyl sites for hydroxylation is 1. The molecule has 138 valence electrons. The lowest BCUT2D eigenvalue weighted by Gasteiger charge is -2.25. The van der Waals surface area contributed by atoms with E-state index in [0.717, 1.165) is 28.4 Å². The predicted octanol–water partition coefficient (Wildman–Crippen LogP) is 4.03. The van der Waals surface area contributed by atoms with Gasteiger partial charge in [0.1, 0.15) is 0 Å². The second-order valence-corrected chi connectivity index (χ2v) is 9.51. The highest BCUT2D eigenvalue weighted by molar-refractivity contribution is 14.1. The quantitative estimate of drug-likeness (QED) is 0.667. The van der Waals surface area contributed by atoms with E-state index in [4.69, 9.17) is 0 Å². The Bertz CT molecular complexity index is 905. The molecule has 0 aliphatic carbocycles. The Morgan fingerprint density at radius 3 is 2.31 bits per heavy atom. The van der Waals surface area contributed by atoms with Crippen LogP contribution < -0.4 is 5.32 Å². The monoisotopic (exact) mass is 484 g/mol. The first-order valence-corrected chi connectivity index (χ1v) is 11.1. The molecule has 3 rings (SSSR count). The molecule has 0 saturated carbocycles. The van der Waals surface area contributed by atoms with Gasteiger partial charge < -0.3 is 5.32 Å². The first-order chi connectivity index (χ1) is 12.4. The molecule has 2 aromatic carbocycles. The minimum Gasteiger partial charge on any atom is -0.322 e. The van der Waals surface area contributed by atoms with Gasteiger partial charge in [-0.3, -0.25) is 4.79 Å². The Morgan fingerprint density at radius 2 is 1.69 bits per heavy atom. The van der Waals surface area contributed by atoms with E-state index in [-0.39, 0.29) is 10.8 Å². The number of nitrogens with one attached hydrogen (secondary N) is 1. The van der Waals surface area contributed by atoms with Gasteiger partial charge in [-0.15, -0.1) is 0 Å². The van der Waals surface area contributed by atoms with Crippen molar-refractivity contribution in [2.24, 2.45) is 0 Å². The minimum atomic E-state index is -3.45. The topological polar surface area (TPSA) is 66.5 Å². The van der Waals surface area contributed by atoms with E-state index in [0.29, 0.717) is 24.3 Å². The normalized spacial score (nSPS) is 15.6. The molecule has 1 aliphatic heterocycles. The van der Waals surface area contributed by atoms with Gasteiger partial charge in [-0.2, -0.15) is 4.31 Å². The number of rotatable bonds is 4. The average Bonchev–Trinajstić information content (AvgIpc) is 2.65. The smallest absolute Gasteiger partial charge is 0.255 e. The van der Waals surface area contributed by atoms with Crippen molar-refractivity contribution in [3.05, 3.63) is 57.2 Å². The summed E-state index contributed by atoms with van der Waals surface area (Å²) < 4.78 is 27.9. The third-order valence-electron chi connectivity index (χ3n) is 4.50. The van der Waals surface area contributed by atoms with Gasteiger partial charge in [-0.25, -0.2) is 8.42 Å².